The zero-order valence-electron chi connectivity index (χ0n) is 10.3. The molecule has 0 bridgehead atoms. The molecule has 1 N–H and O–H groups in total. The van der Waals surface area contributed by atoms with Crippen molar-refractivity contribution in [3.63, 3.8) is 0 Å². The SMILES string of the molecule is CC(C)(C)C1CCOC(c2ccoc2)CN1. The molecule has 1 aromatic heterocycles. The van der Waals surface area contributed by atoms with Crippen LogP contribution in [0.5, 0.6) is 0 Å². The van der Waals surface area contributed by atoms with Crippen LogP contribution >= 0.6 is 0 Å². The zero-order chi connectivity index (χ0) is 11.6. The smallest absolute Gasteiger partial charge is 0.0980 e. The Morgan fingerprint density at radius 2 is 2.19 bits per heavy atom. The Balaban J connectivity index is 1.99. The van der Waals surface area contributed by atoms with Crippen molar-refractivity contribution in [1.82, 2.24) is 5.32 Å². The van der Waals surface area contributed by atoms with E-state index in [-0.39, 0.29) is 11.5 Å². The minimum absolute atomic E-state index is 0.131. The summed E-state index contributed by atoms with van der Waals surface area (Å²) in [6, 6.07) is 2.49. The fourth-order valence-electron chi connectivity index (χ4n) is 2.15. The predicted molar refractivity (Wildman–Crippen MR) is 63.3 cm³/mol. The number of ether oxygens (including phenoxy) is 1. The standard InChI is InChI=1S/C13H21NO2/c1-13(2,3)12-5-7-16-11(8-14-12)10-4-6-15-9-10/h4,6,9,11-12,14H,5,7-8H2,1-3H3. The summed E-state index contributed by atoms with van der Waals surface area (Å²) in [6.07, 6.45) is 4.66. The molecule has 2 rings (SSSR count). The lowest BCUT2D eigenvalue weighted by Crippen LogP contribution is -2.40. The van der Waals surface area contributed by atoms with Gasteiger partial charge in [0.25, 0.3) is 0 Å². The van der Waals surface area contributed by atoms with Gasteiger partial charge < -0.3 is 14.5 Å². The van der Waals surface area contributed by atoms with Crippen LogP contribution in [0.4, 0.5) is 0 Å². The molecule has 0 aliphatic carbocycles. The summed E-state index contributed by atoms with van der Waals surface area (Å²) in [5.41, 5.74) is 1.41. The van der Waals surface area contributed by atoms with Gasteiger partial charge in [-0.05, 0) is 17.9 Å². The summed E-state index contributed by atoms with van der Waals surface area (Å²) in [6.45, 7) is 8.47. The van der Waals surface area contributed by atoms with Crippen molar-refractivity contribution in [3.8, 4) is 0 Å². The first kappa shape index (κ1) is 11.7. The molecule has 3 heteroatoms. The number of hydrogen-bond donors (Lipinski definition) is 1. The monoisotopic (exact) mass is 223 g/mol. The molecule has 1 aromatic rings. The van der Waals surface area contributed by atoms with Crippen molar-refractivity contribution in [2.75, 3.05) is 13.2 Å². The summed E-state index contributed by atoms with van der Waals surface area (Å²) in [5, 5.41) is 3.59. The summed E-state index contributed by atoms with van der Waals surface area (Å²) in [4.78, 5) is 0. The molecule has 1 saturated heterocycles. The Kier molecular flexibility index (Phi) is 3.36. The quantitative estimate of drug-likeness (QED) is 0.795. The Labute approximate surface area is 97.2 Å². The normalized spacial score (nSPS) is 27.7. The molecule has 2 atom stereocenters. The lowest BCUT2D eigenvalue weighted by molar-refractivity contribution is 0.0650. The van der Waals surface area contributed by atoms with Crippen molar-refractivity contribution in [1.29, 1.82) is 0 Å². The van der Waals surface area contributed by atoms with Gasteiger partial charge in [-0.1, -0.05) is 20.8 Å². The third-order valence-electron chi connectivity index (χ3n) is 3.24. The van der Waals surface area contributed by atoms with Crippen LogP contribution in [0.15, 0.2) is 23.0 Å². The average molecular weight is 223 g/mol. The lowest BCUT2D eigenvalue weighted by atomic mass is 9.85. The van der Waals surface area contributed by atoms with Crippen LogP contribution < -0.4 is 5.32 Å². The number of rotatable bonds is 1. The van der Waals surface area contributed by atoms with Gasteiger partial charge in [0.1, 0.15) is 0 Å². The molecule has 0 spiro atoms. The van der Waals surface area contributed by atoms with E-state index in [9.17, 15) is 0 Å². The summed E-state index contributed by atoms with van der Waals surface area (Å²) in [7, 11) is 0. The van der Waals surface area contributed by atoms with Crippen molar-refractivity contribution >= 4 is 0 Å². The largest absolute Gasteiger partial charge is 0.472 e. The zero-order valence-corrected chi connectivity index (χ0v) is 10.3. The highest BCUT2D eigenvalue weighted by Gasteiger charge is 2.28. The maximum Gasteiger partial charge on any atom is 0.0980 e. The first-order valence-electron chi connectivity index (χ1n) is 5.94. The number of furan rings is 1. The predicted octanol–water partition coefficient (Wildman–Crippen LogP) is 2.75. The Hall–Kier alpha value is -0.800. The molecule has 2 unspecified atom stereocenters. The number of nitrogens with one attached hydrogen (secondary N) is 1. The Morgan fingerprint density at radius 3 is 2.81 bits per heavy atom. The summed E-state index contributed by atoms with van der Waals surface area (Å²) >= 11 is 0. The maximum atomic E-state index is 5.85. The van der Waals surface area contributed by atoms with Gasteiger partial charge in [-0.2, -0.15) is 0 Å². The van der Waals surface area contributed by atoms with E-state index in [0.29, 0.717) is 6.04 Å². The highest BCUT2D eigenvalue weighted by Crippen LogP contribution is 2.27. The molecule has 0 amide bonds. The van der Waals surface area contributed by atoms with Crippen LogP contribution in [0.1, 0.15) is 38.9 Å². The number of hydrogen-bond acceptors (Lipinski definition) is 3. The summed E-state index contributed by atoms with van der Waals surface area (Å²) < 4.78 is 10.9. The fraction of sp³-hybridized carbons (Fsp3) is 0.692. The van der Waals surface area contributed by atoms with Gasteiger partial charge >= 0.3 is 0 Å². The first-order valence-corrected chi connectivity index (χ1v) is 5.94. The van der Waals surface area contributed by atoms with Crippen molar-refractivity contribution in [3.05, 3.63) is 24.2 Å². The fourth-order valence-corrected chi connectivity index (χ4v) is 2.15. The van der Waals surface area contributed by atoms with Crippen LogP contribution in [0, 0.1) is 5.41 Å². The van der Waals surface area contributed by atoms with Crippen LogP contribution in [0.3, 0.4) is 0 Å². The molecular formula is C13H21NO2. The van der Waals surface area contributed by atoms with E-state index >= 15 is 0 Å². The van der Waals surface area contributed by atoms with Gasteiger partial charge in [0.05, 0.1) is 18.6 Å². The molecule has 1 aliphatic rings. The highest BCUT2D eigenvalue weighted by molar-refractivity contribution is 5.10. The minimum atomic E-state index is 0.131. The second-order valence-corrected chi connectivity index (χ2v) is 5.53. The topological polar surface area (TPSA) is 34.4 Å². The Bertz CT molecular complexity index is 313. The molecule has 0 saturated carbocycles. The second-order valence-electron chi connectivity index (χ2n) is 5.53. The van der Waals surface area contributed by atoms with Crippen molar-refractivity contribution in [2.45, 2.75) is 39.3 Å². The van der Waals surface area contributed by atoms with Crippen molar-refractivity contribution in [2.24, 2.45) is 5.41 Å². The van der Waals surface area contributed by atoms with E-state index in [1.807, 2.05) is 6.07 Å². The van der Waals surface area contributed by atoms with Gasteiger partial charge in [-0.3, -0.25) is 0 Å². The minimum Gasteiger partial charge on any atom is -0.472 e. The van der Waals surface area contributed by atoms with Crippen LogP contribution in [-0.2, 0) is 4.74 Å². The van der Waals surface area contributed by atoms with E-state index in [4.69, 9.17) is 9.15 Å². The van der Waals surface area contributed by atoms with Crippen LogP contribution in [0.25, 0.3) is 0 Å². The van der Waals surface area contributed by atoms with Crippen LogP contribution in [0.2, 0.25) is 0 Å². The molecular weight excluding hydrogens is 202 g/mol. The highest BCUT2D eigenvalue weighted by atomic mass is 16.5. The van der Waals surface area contributed by atoms with Gasteiger partial charge in [-0.15, -0.1) is 0 Å². The maximum absolute atomic E-state index is 5.85. The Morgan fingerprint density at radius 1 is 1.38 bits per heavy atom. The van der Waals surface area contributed by atoms with Gasteiger partial charge in [-0.25, -0.2) is 0 Å². The molecule has 1 fully saturated rings. The summed E-state index contributed by atoms with van der Waals surface area (Å²) in [5.74, 6) is 0. The molecule has 3 nitrogen and oxygen atoms in total. The molecule has 0 radical (unpaired) electrons. The van der Waals surface area contributed by atoms with E-state index < -0.39 is 0 Å². The van der Waals surface area contributed by atoms with Gasteiger partial charge in [0.2, 0.25) is 0 Å². The molecule has 1 aliphatic heterocycles. The van der Waals surface area contributed by atoms with E-state index in [0.717, 1.165) is 25.1 Å². The van der Waals surface area contributed by atoms with Crippen LogP contribution in [-0.4, -0.2) is 19.2 Å². The lowest BCUT2D eigenvalue weighted by Gasteiger charge is -2.30. The third-order valence-corrected chi connectivity index (χ3v) is 3.24. The average Bonchev–Trinajstić information content (AvgIpc) is 2.60. The first-order chi connectivity index (χ1) is 7.57. The van der Waals surface area contributed by atoms with E-state index in [1.54, 1.807) is 12.5 Å². The molecule has 2 heterocycles. The van der Waals surface area contributed by atoms with Gasteiger partial charge in [0, 0.05) is 24.8 Å². The second kappa shape index (κ2) is 4.60. The van der Waals surface area contributed by atoms with Gasteiger partial charge in [0.15, 0.2) is 0 Å². The third kappa shape index (κ3) is 2.66. The van der Waals surface area contributed by atoms with E-state index in [1.165, 1.54) is 0 Å². The van der Waals surface area contributed by atoms with Crippen molar-refractivity contribution < 1.29 is 9.15 Å². The van der Waals surface area contributed by atoms with E-state index in [2.05, 4.69) is 26.1 Å². The molecule has 0 aromatic carbocycles. The molecule has 90 valence electrons. The molecule has 16 heavy (non-hydrogen) atoms.